The molecule has 0 aliphatic heterocycles. The van der Waals surface area contributed by atoms with Crippen LogP contribution in [0.1, 0.15) is 44.5 Å². The van der Waals surface area contributed by atoms with Crippen molar-refractivity contribution in [3.63, 3.8) is 0 Å². The molecule has 0 fully saturated rings. The maximum atomic E-state index is 5.69. The van der Waals surface area contributed by atoms with Crippen molar-refractivity contribution >= 4 is 5.82 Å². The van der Waals surface area contributed by atoms with Crippen LogP contribution in [0.5, 0.6) is 5.88 Å². The Hall–Kier alpha value is -1.58. The fraction of sp³-hybridized carbons (Fsp3) is 0.571. The molecule has 0 spiro atoms. The van der Waals surface area contributed by atoms with E-state index in [2.05, 4.69) is 42.6 Å². The lowest BCUT2D eigenvalue weighted by molar-refractivity contribution is 0.308. The molecular weight excluding hydrogens is 226 g/mol. The van der Waals surface area contributed by atoms with E-state index in [-0.39, 0.29) is 5.92 Å². The molecule has 18 heavy (non-hydrogen) atoms. The van der Waals surface area contributed by atoms with Gasteiger partial charge in [0.15, 0.2) is 0 Å². The fourth-order valence-electron chi connectivity index (χ4n) is 1.49. The van der Waals surface area contributed by atoms with Gasteiger partial charge in [-0.15, -0.1) is 6.58 Å². The van der Waals surface area contributed by atoms with Crippen LogP contribution < -0.4 is 10.1 Å². The predicted octanol–water partition coefficient (Wildman–Crippen LogP) is 3.30. The zero-order valence-corrected chi connectivity index (χ0v) is 11.8. The molecule has 0 aromatic carbocycles. The molecule has 1 N–H and O–H groups in total. The van der Waals surface area contributed by atoms with Crippen molar-refractivity contribution < 1.29 is 4.74 Å². The van der Waals surface area contributed by atoms with E-state index in [0.717, 1.165) is 30.2 Å². The molecule has 0 amide bonds. The Balaban J connectivity index is 3.01. The van der Waals surface area contributed by atoms with Crippen LogP contribution in [0.4, 0.5) is 5.82 Å². The smallest absolute Gasteiger partial charge is 0.221 e. The Kier molecular flexibility index (Phi) is 5.62. The van der Waals surface area contributed by atoms with Gasteiger partial charge in [0.2, 0.25) is 5.88 Å². The van der Waals surface area contributed by atoms with E-state index in [1.807, 2.05) is 13.0 Å². The predicted molar refractivity (Wildman–Crippen MR) is 75.3 cm³/mol. The molecular formula is C14H23N3O. The first kappa shape index (κ1) is 14.5. The summed E-state index contributed by atoms with van der Waals surface area (Å²) in [7, 11) is 0. The molecule has 0 aliphatic carbocycles. The minimum atomic E-state index is 0.282. The summed E-state index contributed by atoms with van der Waals surface area (Å²) in [4.78, 5) is 9.01. The summed E-state index contributed by atoms with van der Waals surface area (Å²) in [6.07, 6.45) is 2.65. The van der Waals surface area contributed by atoms with E-state index in [1.165, 1.54) is 0 Å². The van der Waals surface area contributed by atoms with Crippen LogP contribution in [0.2, 0.25) is 0 Å². The average molecular weight is 249 g/mol. The number of hydrogen-bond acceptors (Lipinski definition) is 4. The first-order chi connectivity index (χ1) is 8.60. The molecule has 0 unspecified atom stereocenters. The Labute approximate surface area is 109 Å². The number of ether oxygens (including phenoxy) is 1. The van der Waals surface area contributed by atoms with Gasteiger partial charge in [-0.05, 0) is 20.3 Å². The molecule has 4 nitrogen and oxygen atoms in total. The third kappa shape index (κ3) is 3.72. The highest BCUT2D eigenvalue weighted by molar-refractivity contribution is 5.48. The monoisotopic (exact) mass is 249 g/mol. The Morgan fingerprint density at radius 3 is 2.67 bits per heavy atom. The topological polar surface area (TPSA) is 47.0 Å². The number of anilines is 1. The second kappa shape index (κ2) is 6.99. The molecule has 0 atom stereocenters. The van der Waals surface area contributed by atoms with Crippen LogP contribution >= 0.6 is 0 Å². The second-order valence-electron chi connectivity index (χ2n) is 4.47. The van der Waals surface area contributed by atoms with Gasteiger partial charge in [-0.25, -0.2) is 4.98 Å². The van der Waals surface area contributed by atoms with Crippen LogP contribution in [0.25, 0.3) is 0 Å². The van der Waals surface area contributed by atoms with Crippen LogP contribution in [0, 0.1) is 6.92 Å². The highest BCUT2D eigenvalue weighted by atomic mass is 16.5. The standard InChI is InChI=1S/C14H23N3O/c1-6-8-9-18-14-11(5)13(15-7-2)16-12(17-14)10(3)4/h6,10H,1,7-9H2,2-5H3,(H,15,16,17). The quantitative estimate of drug-likeness (QED) is 0.595. The van der Waals surface area contributed by atoms with Gasteiger partial charge < -0.3 is 10.1 Å². The summed E-state index contributed by atoms with van der Waals surface area (Å²) in [5.74, 6) is 2.63. The van der Waals surface area contributed by atoms with Crippen molar-refractivity contribution in [1.29, 1.82) is 0 Å². The lowest BCUT2D eigenvalue weighted by Crippen LogP contribution is -2.10. The minimum absolute atomic E-state index is 0.282. The van der Waals surface area contributed by atoms with E-state index < -0.39 is 0 Å². The molecule has 1 heterocycles. The van der Waals surface area contributed by atoms with Gasteiger partial charge in [0.05, 0.1) is 12.2 Å². The van der Waals surface area contributed by atoms with Gasteiger partial charge in [0.1, 0.15) is 11.6 Å². The van der Waals surface area contributed by atoms with Gasteiger partial charge in [-0.3, -0.25) is 0 Å². The fourth-order valence-corrected chi connectivity index (χ4v) is 1.49. The Morgan fingerprint density at radius 2 is 2.11 bits per heavy atom. The highest BCUT2D eigenvalue weighted by Gasteiger charge is 2.13. The molecule has 1 aromatic rings. The van der Waals surface area contributed by atoms with Crippen molar-refractivity contribution in [3.05, 3.63) is 24.0 Å². The summed E-state index contributed by atoms with van der Waals surface area (Å²) in [6, 6.07) is 0. The number of aromatic nitrogens is 2. The van der Waals surface area contributed by atoms with Crippen molar-refractivity contribution in [2.75, 3.05) is 18.5 Å². The third-order valence-corrected chi connectivity index (χ3v) is 2.54. The van der Waals surface area contributed by atoms with E-state index >= 15 is 0 Å². The molecule has 4 heteroatoms. The molecule has 100 valence electrons. The third-order valence-electron chi connectivity index (χ3n) is 2.54. The first-order valence-corrected chi connectivity index (χ1v) is 6.46. The van der Waals surface area contributed by atoms with Crippen molar-refractivity contribution in [2.45, 2.75) is 40.0 Å². The van der Waals surface area contributed by atoms with Crippen LogP contribution in [-0.4, -0.2) is 23.1 Å². The van der Waals surface area contributed by atoms with Gasteiger partial charge >= 0.3 is 0 Å². The Morgan fingerprint density at radius 1 is 1.39 bits per heavy atom. The van der Waals surface area contributed by atoms with E-state index in [4.69, 9.17) is 4.74 Å². The summed E-state index contributed by atoms with van der Waals surface area (Å²) >= 11 is 0. The molecule has 0 aliphatic rings. The van der Waals surface area contributed by atoms with Crippen LogP contribution in [0.15, 0.2) is 12.7 Å². The summed E-state index contributed by atoms with van der Waals surface area (Å²) < 4.78 is 5.69. The van der Waals surface area contributed by atoms with Gasteiger partial charge in [-0.2, -0.15) is 4.98 Å². The van der Waals surface area contributed by atoms with Crippen molar-refractivity contribution in [3.8, 4) is 5.88 Å². The van der Waals surface area contributed by atoms with Crippen LogP contribution in [-0.2, 0) is 0 Å². The van der Waals surface area contributed by atoms with Crippen molar-refractivity contribution in [2.24, 2.45) is 0 Å². The maximum absolute atomic E-state index is 5.69. The van der Waals surface area contributed by atoms with Gasteiger partial charge in [-0.1, -0.05) is 19.9 Å². The zero-order chi connectivity index (χ0) is 13.5. The number of nitrogens with zero attached hydrogens (tertiary/aromatic N) is 2. The largest absolute Gasteiger partial charge is 0.477 e. The van der Waals surface area contributed by atoms with E-state index in [0.29, 0.717) is 12.5 Å². The molecule has 1 rings (SSSR count). The van der Waals surface area contributed by atoms with E-state index in [9.17, 15) is 0 Å². The second-order valence-corrected chi connectivity index (χ2v) is 4.47. The number of nitrogens with one attached hydrogen (secondary N) is 1. The average Bonchev–Trinajstić information content (AvgIpc) is 2.33. The first-order valence-electron chi connectivity index (χ1n) is 6.46. The number of rotatable bonds is 7. The normalized spacial score (nSPS) is 10.5. The zero-order valence-electron chi connectivity index (χ0n) is 11.8. The molecule has 0 bridgehead atoms. The highest BCUT2D eigenvalue weighted by Crippen LogP contribution is 2.24. The molecule has 0 radical (unpaired) electrons. The SMILES string of the molecule is C=CCCOc1nc(C(C)C)nc(NCC)c1C. The lowest BCUT2D eigenvalue weighted by Gasteiger charge is -2.14. The molecule has 0 saturated heterocycles. The molecule has 0 saturated carbocycles. The van der Waals surface area contributed by atoms with Crippen molar-refractivity contribution in [1.82, 2.24) is 9.97 Å². The minimum Gasteiger partial charge on any atom is -0.477 e. The maximum Gasteiger partial charge on any atom is 0.221 e. The Bertz CT molecular complexity index is 402. The van der Waals surface area contributed by atoms with E-state index in [1.54, 1.807) is 0 Å². The van der Waals surface area contributed by atoms with Gasteiger partial charge in [0, 0.05) is 12.5 Å². The number of hydrogen-bond donors (Lipinski definition) is 1. The summed E-state index contributed by atoms with van der Waals surface area (Å²) in [5.41, 5.74) is 0.963. The summed E-state index contributed by atoms with van der Waals surface area (Å²) in [6.45, 7) is 13.3. The molecule has 1 aromatic heterocycles. The lowest BCUT2D eigenvalue weighted by atomic mass is 10.2. The van der Waals surface area contributed by atoms with Gasteiger partial charge in [0.25, 0.3) is 0 Å². The summed E-state index contributed by atoms with van der Waals surface area (Å²) in [5, 5.41) is 3.25. The van der Waals surface area contributed by atoms with Crippen LogP contribution in [0.3, 0.4) is 0 Å².